The lowest BCUT2D eigenvalue weighted by atomic mass is 9.89. The Bertz CT molecular complexity index is 367. The average Bonchev–Trinajstić information content (AvgIpc) is 2.53. The summed E-state index contributed by atoms with van der Waals surface area (Å²) in [7, 11) is 0. The maximum Gasteiger partial charge on any atom is 0.317 e. The fourth-order valence-corrected chi connectivity index (χ4v) is 3.93. The number of rotatable bonds is 5. The number of amides is 2. The number of hydrogen-bond donors (Lipinski definition) is 2. The number of carbonyl (C=O) groups is 1. The standard InChI is InChI=1S/C18H35N3O2/c1-4-20(14-18(2,3)23)17(22)19-15-8-10-16(11-9-15)21-12-6-5-7-13-21/h15-16,23H,4-14H2,1-3H3,(H,19,22). The highest BCUT2D eigenvalue weighted by Crippen LogP contribution is 2.25. The topological polar surface area (TPSA) is 55.8 Å². The van der Waals surface area contributed by atoms with Crippen molar-refractivity contribution in [2.24, 2.45) is 0 Å². The van der Waals surface area contributed by atoms with Crippen molar-refractivity contribution in [3.8, 4) is 0 Å². The molecule has 2 rings (SSSR count). The number of urea groups is 1. The number of hydrogen-bond acceptors (Lipinski definition) is 3. The molecule has 2 fully saturated rings. The number of piperidine rings is 1. The Hall–Kier alpha value is -0.810. The van der Waals surface area contributed by atoms with Gasteiger partial charge in [-0.05, 0) is 72.4 Å². The second-order valence-electron chi connectivity index (χ2n) is 7.88. The van der Waals surface area contributed by atoms with Crippen LogP contribution in [0.15, 0.2) is 0 Å². The average molecular weight is 325 g/mol. The second kappa shape index (κ2) is 8.34. The van der Waals surface area contributed by atoms with Crippen LogP contribution in [0.2, 0.25) is 0 Å². The van der Waals surface area contributed by atoms with Crippen LogP contribution in [0.4, 0.5) is 4.79 Å². The number of carbonyl (C=O) groups excluding carboxylic acids is 1. The van der Waals surface area contributed by atoms with Gasteiger partial charge in [0, 0.05) is 18.6 Å². The zero-order valence-corrected chi connectivity index (χ0v) is 15.2. The van der Waals surface area contributed by atoms with Gasteiger partial charge in [-0.1, -0.05) is 6.42 Å². The summed E-state index contributed by atoms with van der Waals surface area (Å²) in [6.07, 6.45) is 8.62. The Kier molecular flexibility index (Phi) is 6.72. The van der Waals surface area contributed by atoms with Crippen LogP contribution < -0.4 is 5.32 Å². The first kappa shape index (κ1) is 18.5. The minimum absolute atomic E-state index is 0.0314. The first-order valence-corrected chi connectivity index (χ1v) is 9.41. The van der Waals surface area contributed by atoms with Crippen molar-refractivity contribution in [2.45, 2.75) is 83.4 Å². The van der Waals surface area contributed by atoms with Gasteiger partial charge in [-0.15, -0.1) is 0 Å². The zero-order chi connectivity index (χ0) is 16.9. The number of likely N-dealkylation sites (tertiary alicyclic amines) is 1. The highest BCUT2D eigenvalue weighted by atomic mass is 16.3. The minimum Gasteiger partial charge on any atom is -0.389 e. The van der Waals surface area contributed by atoms with E-state index in [0.717, 1.165) is 18.9 Å². The highest BCUT2D eigenvalue weighted by Gasteiger charge is 2.29. The van der Waals surface area contributed by atoms with Gasteiger partial charge in [0.15, 0.2) is 0 Å². The van der Waals surface area contributed by atoms with Crippen molar-refractivity contribution in [2.75, 3.05) is 26.2 Å². The fraction of sp³-hybridized carbons (Fsp3) is 0.944. The molecular weight excluding hydrogens is 290 g/mol. The molecule has 0 spiro atoms. The van der Waals surface area contributed by atoms with Gasteiger partial charge in [0.1, 0.15) is 0 Å². The first-order valence-electron chi connectivity index (χ1n) is 9.41. The summed E-state index contributed by atoms with van der Waals surface area (Å²) in [6, 6.07) is 0.984. The summed E-state index contributed by atoms with van der Waals surface area (Å²) in [5.41, 5.74) is -0.848. The van der Waals surface area contributed by atoms with Crippen molar-refractivity contribution >= 4 is 6.03 Å². The number of likely N-dealkylation sites (N-methyl/N-ethyl adjacent to an activating group) is 1. The number of nitrogens with zero attached hydrogens (tertiary/aromatic N) is 2. The summed E-state index contributed by atoms with van der Waals surface area (Å²) < 4.78 is 0. The number of nitrogens with one attached hydrogen (secondary N) is 1. The van der Waals surface area contributed by atoms with Crippen LogP contribution >= 0.6 is 0 Å². The van der Waals surface area contributed by atoms with Gasteiger partial charge < -0.3 is 20.2 Å². The molecule has 2 N–H and O–H groups in total. The van der Waals surface area contributed by atoms with Crippen LogP contribution in [0.25, 0.3) is 0 Å². The third-order valence-electron chi connectivity index (χ3n) is 5.18. The smallest absolute Gasteiger partial charge is 0.317 e. The van der Waals surface area contributed by atoms with E-state index in [1.807, 2.05) is 6.92 Å². The molecule has 0 radical (unpaired) electrons. The van der Waals surface area contributed by atoms with Crippen molar-refractivity contribution in [3.05, 3.63) is 0 Å². The quantitative estimate of drug-likeness (QED) is 0.817. The lowest BCUT2D eigenvalue weighted by Crippen LogP contribution is -2.51. The maximum absolute atomic E-state index is 12.4. The molecule has 5 nitrogen and oxygen atoms in total. The van der Waals surface area contributed by atoms with Crippen LogP contribution in [0, 0.1) is 0 Å². The van der Waals surface area contributed by atoms with Crippen LogP contribution in [0.1, 0.15) is 65.7 Å². The molecule has 1 aliphatic carbocycles. The minimum atomic E-state index is -0.848. The zero-order valence-electron chi connectivity index (χ0n) is 15.2. The van der Waals surface area contributed by atoms with E-state index in [1.54, 1.807) is 18.7 Å². The molecular formula is C18H35N3O2. The van der Waals surface area contributed by atoms with Gasteiger partial charge in [-0.3, -0.25) is 0 Å². The van der Waals surface area contributed by atoms with Crippen molar-refractivity contribution in [1.82, 2.24) is 15.1 Å². The van der Waals surface area contributed by atoms with E-state index in [1.165, 1.54) is 45.2 Å². The molecule has 0 atom stereocenters. The van der Waals surface area contributed by atoms with E-state index in [2.05, 4.69) is 10.2 Å². The predicted molar refractivity (Wildman–Crippen MR) is 93.5 cm³/mol. The normalized spacial score (nSPS) is 26.8. The second-order valence-corrected chi connectivity index (χ2v) is 7.88. The monoisotopic (exact) mass is 325 g/mol. The third kappa shape index (κ3) is 5.96. The SMILES string of the molecule is CCN(CC(C)(C)O)C(=O)NC1CCC(N2CCCCC2)CC1. The lowest BCUT2D eigenvalue weighted by molar-refractivity contribution is 0.0469. The Balaban J connectivity index is 1.75. The molecule has 5 heteroatoms. The summed E-state index contributed by atoms with van der Waals surface area (Å²) in [4.78, 5) is 16.8. The third-order valence-corrected chi connectivity index (χ3v) is 5.18. The van der Waals surface area contributed by atoms with Gasteiger partial charge in [-0.2, -0.15) is 0 Å². The summed E-state index contributed by atoms with van der Waals surface area (Å²) in [5, 5.41) is 13.1. The van der Waals surface area contributed by atoms with Gasteiger partial charge >= 0.3 is 6.03 Å². The molecule has 23 heavy (non-hydrogen) atoms. The molecule has 0 aromatic heterocycles. The molecule has 0 unspecified atom stereocenters. The van der Waals surface area contributed by atoms with E-state index >= 15 is 0 Å². The molecule has 134 valence electrons. The van der Waals surface area contributed by atoms with E-state index in [0.29, 0.717) is 19.1 Å². The van der Waals surface area contributed by atoms with E-state index in [9.17, 15) is 9.90 Å². The summed E-state index contributed by atoms with van der Waals surface area (Å²) in [6.45, 7) is 8.96. The molecule has 0 bridgehead atoms. The summed E-state index contributed by atoms with van der Waals surface area (Å²) in [5.74, 6) is 0. The fourth-order valence-electron chi connectivity index (χ4n) is 3.93. The maximum atomic E-state index is 12.4. The Morgan fingerprint density at radius 1 is 1.17 bits per heavy atom. The summed E-state index contributed by atoms with van der Waals surface area (Å²) >= 11 is 0. The highest BCUT2D eigenvalue weighted by molar-refractivity contribution is 5.74. The van der Waals surface area contributed by atoms with Gasteiger partial charge in [0.25, 0.3) is 0 Å². The first-order chi connectivity index (χ1) is 10.9. The van der Waals surface area contributed by atoms with Gasteiger partial charge in [0.2, 0.25) is 0 Å². The Morgan fingerprint density at radius 2 is 1.78 bits per heavy atom. The molecule has 2 aliphatic rings. The van der Waals surface area contributed by atoms with Crippen LogP contribution in [0.3, 0.4) is 0 Å². The molecule has 1 aliphatic heterocycles. The molecule has 2 amide bonds. The van der Waals surface area contributed by atoms with Gasteiger partial charge in [0.05, 0.1) is 12.1 Å². The van der Waals surface area contributed by atoms with Crippen molar-refractivity contribution in [1.29, 1.82) is 0 Å². The van der Waals surface area contributed by atoms with Crippen LogP contribution in [-0.2, 0) is 0 Å². The van der Waals surface area contributed by atoms with Gasteiger partial charge in [-0.25, -0.2) is 4.79 Å². The number of aliphatic hydroxyl groups is 1. The molecule has 1 heterocycles. The van der Waals surface area contributed by atoms with E-state index in [4.69, 9.17) is 0 Å². The van der Waals surface area contributed by atoms with Crippen molar-refractivity contribution < 1.29 is 9.90 Å². The van der Waals surface area contributed by atoms with Crippen LogP contribution in [-0.4, -0.2) is 64.8 Å². The molecule has 0 aromatic carbocycles. The molecule has 1 saturated carbocycles. The van der Waals surface area contributed by atoms with E-state index < -0.39 is 5.60 Å². The van der Waals surface area contributed by atoms with E-state index in [-0.39, 0.29) is 6.03 Å². The largest absolute Gasteiger partial charge is 0.389 e. The molecule has 0 aromatic rings. The van der Waals surface area contributed by atoms with Crippen LogP contribution in [0.5, 0.6) is 0 Å². The van der Waals surface area contributed by atoms with Crippen molar-refractivity contribution in [3.63, 3.8) is 0 Å². The Labute approximate surface area is 141 Å². The predicted octanol–water partition coefficient (Wildman–Crippen LogP) is 2.59. The lowest BCUT2D eigenvalue weighted by Gasteiger charge is -2.39. The molecule has 1 saturated heterocycles. The Morgan fingerprint density at radius 3 is 2.30 bits per heavy atom.